The Labute approximate surface area is 212 Å². The topological polar surface area (TPSA) is 80.6 Å². The quantitative estimate of drug-likeness (QED) is 0.622. The number of carboxylic acid groups (broad SMARTS) is 1. The van der Waals surface area contributed by atoms with E-state index in [1.165, 1.54) is 0 Å². The first-order chi connectivity index (χ1) is 12.7. The number of carbonyl (C=O) groups is 1. The van der Waals surface area contributed by atoms with Gasteiger partial charge in [0.25, 0.3) is 0 Å². The first-order valence-electron chi connectivity index (χ1n) is 11.2. The molecule has 0 amide bonds. The van der Waals surface area contributed by atoms with Crippen LogP contribution in [-0.2, 0) is 4.79 Å². The van der Waals surface area contributed by atoms with Gasteiger partial charge in [0.15, 0.2) is 0 Å². The minimum absolute atomic E-state index is 0. The van der Waals surface area contributed by atoms with Crippen LogP contribution in [0.3, 0.4) is 0 Å². The van der Waals surface area contributed by atoms with Crippen molar-refractivity contribution in [1.29, 1.82) is 0 Å². The van der Waals surface area contributed by atoms with Gasteiger partial charge in [-0.25, -0.2) is 0 Å². The Morgan fingerprint density at radius 3 is 2.36 bits per heavy atom. The Balaban J connectivity index is 0.00000225. The summed E-state index contributed by atoms with van der Waals surface area (Å²) in [6, 6.07) is 0. The fraction of sp³-hybridized carbons (Fsp3) is 0.957. The number of hydrogen-bond acceptors (Lipinski definition) is 4. The molecule has 0 aromatic heterocycles. The maximum Gasteiger partial charge on any atom is 1.00 e. The van der Waals surface area contributed by atoms with Crippen molar-refractivity contribution in [2.75, 3.05) is 0 Å². The molecule has 0 aromatic rings. The molecule has 0 spiro atoms. The van der Waals surface area contributed by atoms with E-state index >= 15 is 0 Å². The molecule has 2 N–H and O–H groups in total. The SMILES string of the molecule is CC(CC(=O)[O-])[C@H]1CCC2[C@H]3C(CC[C@@]21C)[C@@]1(C)CCC(O)C[C@H]1C[C@@H]3O.[K+]. The van der Waals surface area contributed by atoms with E-state index in [4.69, 9.17) is 0 Å². The molecule has 0 heterocycles. The molecule has 0 saturated heterocycles. The second-order valence-electron chi connectivity index (χ2n) is 11.0. The van der Waals surface area contributed by atoms with E-state index in [-0.39, 0.29) is 86.8 Å². The molecule has 4 aliphatic carbocycles. The summed E-state index contributed by atoms with van der Waals surface area (Å²) in [5, 5.41) is 32.5. The Bertz CT molecular complexity index is 597. The fourth-order valence-corrected chi connectivity index (χ4v) is 8.58. The monoisotopic (exact) mass is 416 g/mol. The third-order valence-corrected chi connectivity index (χ3v) is 9.90. The maximum absolute atomic E-state index is 11.2. The van der Waals surface area contributed by atoms with Gasteiger partial charge in [0, 0.05) is 5.97 Å². The van der Waals surface area contributed by atoms with Crippen LogP contribution in [0.25, 0.3) is 0 Å². The number of carboxylic acids is 1. The molecule has 0 aliphatic heterocycles. The van der Waals surface area contributed by atoms with Crippen LogP contribution < -0.4 is 56.5 Å². The summed E-state index contributed by atoms with van der Waals surface area (Å²) in [5.74, 6) is 1.48. The van der Waals surface area contributed by atoms with E-state index in [9.17, 15) is 20.1 Å². The minimum Gasteiger partial charge on any atom is -0.550 e. The molecule has 4 nitrogen and oxygen atoms in total. The number of aliphatic hydroxyl groups excluding tert-OH is 2. The van der Waals surface area contributed by atoms with Crippen LogP contribution in [0.2, 0.25) is 0 Å². The van der Waals surface area contributed by atoms with Crippen LogP contribution in [0, 0.1) is 46.3 Å². The predicted octanol–water partition coefficient (Wildman–Crippen LogP) is -0.243. The standard InChI is InChI=1S/C23H38O4.K/c1-13(10-20(26)27)16-4-5-17-21-18(7-9-23(16,17)3)22(2)8-6-15(24)11-14(22)12-19(21)25;/h13-19,21,24-25H,4-12H2,1-3H3,(H,26,27);/q;+1/p-1/t13?,14-,15?,16+,17?,18?,19-,21-,22-,23+;/m0./s1. The van der Waals surface area contributed by atoms with Gasteiger partial charge in [-0.2, -0.15) is 0 Å². The molecule has 4 aliphatic rings. The molecule has 4 rings (SSSR count). The summed E-state index contributed by atoms with van der Waals surface area (Å²) >= 11 is 0. The molecule has 154 valence electrons. The van der Waals surface area contributed by atoms with Gasteiger partial charge in [-0.15, -0.1) is 0 Å². The molecule has 28 heavy (non-hydrogen) atoms. The first-order valence-corrected chi connectivity index (χ1v) is 11.2. The van der Waals surface area contributed by atoms with Crippen LogP contribution in [0.4, 0.5) is 0 Å². The van der Waals surface area contributed by atoms with Crippen molar-refractivity contribution in [3.63, 3.8) is 0 Å². The number of aliphatic hydroxyl groups is 2. The minimum atomic E-state index is -0.933. The summed E-state index contributed by atoms with van der Waals surface area (Å²) < 4.78 is 0. The summed E-state index contributed by atoms with van der Waals surface area (Å²) in [4.78, 5) is 11.2. The summed E-state index contributed by atoms with van der Waals surface area (Å²) in [5.41, 5.74) is 0.396. The van der Waals surface area contributed by atoms with Crippen LogP contribution >= 0.6 is 0 Å². The second-order valence-corrected chi connectivity index (χ2v) is 11.0. The Morgan fingerprint density at radius 2 is 1.68 bits per heavy atom. The molecular weight excluding hydrogens is 379 g/mol. The fourth-order valence-electron chi connectivity index (χ4n) is 8.58. The molecule has 4 saturated carbocycles. The van der Waals surface area contributed by atoms with E-state index in [0.717, 1.165) is 51.4 Å². The predicted molar refractivity (Wildman–Crippen MR) is 101 cm³/mol. The van der Waals surface area contributed by atoms with Gasteiger partial charge in [-0.05, 0) is 104 Å². The van der Waals surface area contributed by atoms with Gasteiger partial charge in [-0.3, -0.25) is 0 Å². The number of fused-ring (bicyclic) bond motifs is 5. The summed E-state index contributed by atoms with van der Waals surface area (Å²) in [6.07, 6.45) is 7.88. The smallest absolute Gasteiger partial charge is 0.550 e. The van der Waals surface area contributed by atoms with Crippen LogP contribution in [-0.4, -0.2) is 28.4 Å². The zero-order valence-electron chi connectivity index (χ0n) is 18.2. The van der Waals surface area contributed by atoms with Crippen molar-refractivity contribution in [3.8, 4) is 0 Å². The van der Waals surface area contributed by atoms with Gasteiger partial charge in [0.1, 0.15) is 0 Å². The molecular formula is C23H37KO4. The summed E-state index contributed by atoms with van der Waals surface area (Å²) in [7, 11) is 0. The van der Waals surface area contributed by atoms with Gasteiger partial charge < -0.3 is 20.1 Å². The third-order valence-electron chi connectivity index (χ3n) is 9.90. The molecule has 5 heteroatoms. The van der Waals surface area contributed by atoms with Crippen molar-refractivity contribution in [3.05, 3.63) is 0 Å². The molecule has 4 unspecified atom stereocenters. The van der Waals surface area contributed by atoms with Gasteiger partial charge in [0.2, 0.25) is 0 Å². The van der Waals surface area contributed by atoms with Gasteiger partial charge >= 0.3 is 51.4 Å². The zero-order chi connectivity index (χ0) is 19.6. The van der Waals surface area contributed by atoms with Gasteiger partial charge in [0.05, 0.1) is 12.2 Å². The maximum atomic E-state index is 11.2. The van der Waals surface area contributed by atoms with E-state index in [1.54, 1.807) is 0 Å². The van der Waals surface area contributed by atoms with E-state index < -0.39 is 5.97 Å². The molecule has 0 aromatic carbocycles. The number of hydrogen-bond donors (Lipinski definition) is 2. The number of aliphatic carboxylic acids is 1. The third kappa shape index (κ3) is 3.73. The van der Waals surface area contributed by atoms with Crippen molar-refractivity contribution < 1.29 is 71.5 Å². The van der Waals surface area contributed by atoms with Crippen LogP contribution in [0.1, 0.15) is 78.6 Å². The molecule has 10 atom stereocenters. The molecule has 0 bridgehead atoms. The van der Waals surface area contributed by atoms with Crippen molar-refractivity contribution in [2.45, 2.75) is 90.8 Å². The number of rotatable bonds is 3. The Kier molecular flexibility index (Phi) is 7.20. The van der Waals surface area contributed by atoms with E-state index in [1.807, 2.05) is 0 Å². The second kappa shape index (κ2) is 8.52. The Morgan fingerprint density at radius 1 is 1.04 bits per heavy atom. The summed E-state index contributed by atoms with van der Waals surface area (Å²) in [6.45, 7) is 6.89. The van der Waals surface area contributed by atoms with E-state index in [2.05, 4.69) is 20.8 Å². The normalized spacial score (nSPS) is 51.2. The van der Waals surface area contributed by atoms with E-state index in [0.29, 0.717) is 29.6 Å². The zero-order valence-corrected chi connectivity index (χ0v) is 21.3. The average Bonchev–Trinajstić information content (AvgIpc) is 2.93. The van der Waals surface area contributed by atoms with Crippen molar-refractivity contribution in [2.24, 2.45) is 46.3 Å². The largest absolute Gasteiger partial charge is 1.00 e. The average molecular weight is 417 g/mol. The molecule has 4 fully saturated rings. The van der Waals surface area contributed by atoms with Crippen molar-refractivity contribution in [1.82, 2.24) is 0 Å². The van der Waals surface area contributed by atoms with Gasteiger partial charge in [-0.1, -0.05) is 20.8 Å². The Hall–Kier alpha value is 1.03. The van der Waals surface area contributed by atoms with Crippen molar-refractivity contribution >= 4 is 5.97 Å². The number of carbonyl (C=O) groups excluding carboxylic acids is 1. The van der Waals surface area contributed by atoms with Crippen LogP contribution in [0.15, 0.2) is 0 Å². The van der Waals surface area contributed by atoms with Crippen LogP contribution in [0.5, 0.6) is 0 Å². The molecule has 0 radical (unpaired) electrons. The first kappa shape index (κ1) is 23.7.